The molecule has 1 heterocycles. The zero-order valence-electron chi connectivity index (χ0n) is 14.8. The van der Waals surface area contributed by atoms with Crippen molar-refractivity contribution in [1.82, 2.24) is 5.32 Å². The van der Waals surface area contributed by atoms with Crippen LogP contribution in [0.1, 0.15) is 12.0 Å². The fraction of sp³-hybridized carbons (Fsp3) is 0.263. The number of nitrogens with one attached hydrogen (secondary N) is 1. The van der Waals surface area contributed by atoms with Crippen LogP contribution in [0.2, 0.25) is 10.0 Å². The minimum atomic E-state index is -0.638. The van der Waals surface area contributed by atoms with E-state index in [0.29, 0.717) is 33.8 Å². The molecule has 1 N–H and O–H groups in total. The summed E-state index contributed by atoms with van der Waals surface area (Å²) < 4.78 is 10.4. The Labute approximate surface area is 167 Å². The van der Waals surface area contributed by atoms with Gasteiger partial charge in [0.05, 0.1) is 32.4 Å². The Hall–Kier alpha value is -2.28. The molecular weight excluding hydrogens is 391 g/mol. The molecule has 1 fully saturated rings. The third-order valence-electron chi connectivity index (χ3n) is 4.30. The number of hydrogen-bond donors (Lipinski definition) is 1. The van der Waals surface area contributed by atoms with Crippen LogP contribution in [0.15, 0.2) is 36.4 Å². The van der Waals surface area contributed by atoms with Crippen LogP contribution in [0.5, 0.6) is 11.5 Å². The minimum absolute atomic E-state index is 0.0591. The minimum Gasteiger partial charge on any atom is -0.497 e. The Kier molecular flexibility index (Phi) is 5.89. The van der Waals surface area contributed by atoms with Crippen molar-refractivity contribution in [2.75, 3.05) is 19.1 Å². The van der Waals surface area contributed by atoms with Gasteiger partial charge in [-0.25, -0.2) is 4.90 Å². The molecule has 6 nitrogen and oxygen atoms in total. The Morgan fingerprint density at radius 1 is 1.07 bits per heavy atom. The second-order valence-electron chi connectivity index (χ2n) is 6.01. The molecule has 1 atom stereocenters. The number of carbonyl (C=O) groups is 2. The molecule has 1 saturated heterocycles. The fourth-order valence-corrected chi connectivity index (χ4v) is 3.36. The predicted octanol–water partition coefficient (Wildman–Crippen LogP) is 3.43. The van der Waals surface area contributed by atoms with Gasteiger partial charge >= 0.3 is 0 Å². The molecule has 2 aromatic rings. The summed E-state index contributed by atoms with van der Waals surface area (Å²) in [6.07, 6.45) is 0.0591. The summed E-state index contributed by atoms with van der Waals surface area (Å²) in [6, 6.07) is 9.42. The molecule has 0 saturated carbocycles. The number of anilines is 1. The topological polar surface area (TPSA) is 67.9 Å². The zero-order valence-corrected chi connectivity index (χ0v) is 16.3. The average Bonchev–Trinajstić information content (AvgIpc) is 2.94. The number of imide groups is 1. The number of ether oxygens (including phenoxy) is 2. The lowest BCUT2D eigenvalue weighted by Crippen LogP contribution is -2.38. The quantitative estimate of drug-likeness (QED) is 0.741. The summed E-state index contributed by atoms with van der Waals surface area (Å²) in [5.74, 6) is 0.360. The van der Waals surface area contributed by atoms with Gasteiger partial charge in [-0.15, -0.1) is 0 Å². The van der Waals surface area contributed by atoms with Gasteiger partial charge in [0, 0.05) is 34.8 Å². The summed E-state index contributed by atoms with van der Waals surface area (Å²) in [6.45, 7) is 0.342. The first-order chi connectivity index (χ1) is 12.9. The van der Waals surface area contributed by atoms with Gasteiger partial charge in [0.25, 0.3) is 5.91 Å². The zero-order chi connectivity index (χ0) is 19.6. The number of halogens is 2. The molecule has 2 aromatic carbocycles. The summed E-state index contributed by atoms with van der Waals surface area (Å²) in [5, 5.41) is 4.13. The van der Waals surface area contributed by atoms with E-state index in [1.54, 1.807) is 36.4 Å². The summed E-state index contributed by atoms with van der Waals surface area (Å²) >= 11 is 12.0. The van der Waals surface area contributed by atoms with E-state index in [2.05, 4.69) is 5.32 Å². The summed E-state index contributed by atoms with van der Waals surface area (Å²) in [7, 11) is 3.01. The highest BCUT2D eigenvalue weighted by molar-refractivity contribution is 6.35. The molecule has 0 unspecified atom stereocenters. The van der Waals surface area contributed by atoms with E-state index in [1.165, 1.54) is 14.2 Å². The lowest BCUT2D eigenvalue weighted by molar-refractivity contribution is -0.121. The molecule has 8 heteroatoms. The molecule has 27 heavy (non-hydrogen) atoms. The third-order valence-corrected chi connectivity index (χ3v) is 4.88. The molecule has 0 aromatic heterocycles. The monoisotopic (exact) mass is 408 g/mol. The van der Waals surface area contributed by atoms with Crippen LogP contribution in [0.4, 0.5) is 5.69 Å². The van der Waals surface area contributed by atoms with Gasteiger partial charge in [0.1, 0.15) is 11.5 Å². The number of carbonyl (C=O) groups excluding carboxylic acids is 2. The van der Waals surface area contributed by atoms with Gasteiger partial charge < -0.3 is 14.8 Å². The van der Waals surface area contributed by atoms with Crippen molar-refractivity contribution in [3.63, 3.8) is 0 Å². The number of rotatable bonds is 6. The van der Waals surface area contributed by atoms with Crippen LogP contribution < -0.4 is 19.7 Å². The van der Waals surface area contributed by atoms with Crippen molar-refractivity contribution in [3.05, 3.63) is 52.0 Å². The normalized spacial score (nSPS) is 16.7. The van der Waals surface area contributed by atoms with Crippen LogP contribution in [-0.2, 0) is 16.1 Å². The SMILES string of the molecule is COc1cc(OC)cc(N2C(=O)C[C@@H](NCc3ccc(Cl)cc3Cl)C2=O)c1. The molecule has 1 aliphatic rings. The van der Waals surface area contributed by atoms with E-state index < -0.39 is 6.04 Å². The van der Waals surface area contributed by atoms with E-state index >= 15 is 0 Å². The Bertz CT molecular complexity index is 866. The first-order valence-electron chi connectivity index (χ1n) is 8.20. The Morgan fingerprint density at radius 3 is 2.33 bits per heavy atom. The van der Waals surface area contributed by atoms with Gasteiger partial charge in [-0.1, -0.05) is 29.3 Å². The lowest BCUT2D eigenvalue weighted by Gasteiger charge is -2.17. The largest absolute Gasteiger partial charge is 0.497 e. The predicted molar refractivity (Wildman–Crippen MR) is 104 cm³/mol. The number of hydrogen-bond acceptors (Lipinski definition) is 5. The first-order valence-corrected chi connectivity index (χ1v) is 8.95. The number of benzene rings is 2. The van der Waals surface area contributed by atoms with Crippen molar-refractivity contribution in [2.45, 2.75) is 19.0 Å². The molecule has 2 amide bonds. The van der Waals surface area contributed by atoms with Gasteiger partial charge in [-0.2, -0.15) is 0 Å². The van der Waals surface area contributed by atoms with Crippen LogP contribution in [0.3, 0.4) is 0 Å². The Morgan fingerprint density at radius 2 is 1.74 bits per heavy atom. The van der Waals surface area contributed by atoms with Crippen molar-refractivity contribution in [1.29, 1.82) is 0 Å². The van der Waals surface area contributed by atoms with E-state index in [-0.39, 0.29) is 18.2 Å². The second kappa shape index (κ2) is 8.17. The van der Waals surface area contributed by atoms with Crippen molar-refractivity contribution < 1.29 is 19.1 Å². The molecule has 1 aliphatic heterocycles. The summed E-state index contributed by atoms with van der Waals surface area (Å²) in [5.41, 5.74) is 1.21. The second-order valence-corrected chi connectivity index (χ2v) is 6.86. The van der Waals surface area contributed by atoms with Crippen LogP contribution in [-0.4, -0.2) is 32.1 Å². The van der Waals surface area contributed by atoms with Gasteiger partial charge in [-0.05, 0) is 17.7 Å². The van der Waals surface area contributed by atoms with Crippen LogP contribution >= 0.6 is 23.2 Å². The van der Waals surface area contributed by atoms with Gasteiger partial charge in [-0.3, -0.25) is 9.59 Å². The third kappa shape index (κ3) is 4.18. The molecule has 0 radical (unpaired) electrons. The van der Waals surface area contributed by atoms with Gasteiger partial charge in [0.15, 0.2) is 0 Å². The van der Waals surface area contributed by atoms with Crippen LogP contribution in [0, 0.1) is 0 Å². The van der Waals surface area contributed by atoms with Crippen molar-refractivity contribution in [3.8, 4) is 11.5 Å². The number of amides is 2. The van der Waals surface area contributed by atoms with Crippen LogP contribution in [0.25, 0.3) is 0 Å². The molecule has 3 rings (SSSR count). The smallest absolute Gasteiger partial charge is 0.251 e. The Balaban J connectivity index is 1.77. The summed E-state index contributed by atoms with van der Waals surface area (Å²) in [4.78, 5) is 26.4. The standard InChI is InChI=1S/C19H18Cl2N2O4/c1-26-14-6-13(7-15(8-14)27-2)23-18(24)9-17(19(23)25)22-10-11-3-4-12(20)5-16(11)21/h3-8,17,22H,9-10H2,1-2H3/t17-/m1/s1. The maximum absolute atomic E-state index is 12.8. The lowest BCUT2D eigenvalue weighted by atomic mass is 10.2. The van der Waals surface area contributed by atoms with Crippen molar-refractivity contribution >= 4 is 40.7 Å². The highest BCUT2D eigenvalue weighted by atomic mass is 35.5. The number of methoxy groups -OCH3 is 2. The van der Waals surface area contributed by atoms with E-state index in [1.807, 2.05) is 0 Å². The maximum Gasteiger partial charge on any atom is 0.251 e. The average molecular weight is 409 g/mol. The molecule has 142 valence electrons. The molecule has 0 bridgehead atoms. The van der Waals surface area contributed by atoms with E-state index in [4.69, 9.17) is 32.7 Å². The molecular formula is C19H18Cl2N2O4. The number of nitrogens with zero attached hydrogens (tertiary/aromatic N) is 1. The van der Waals surface area contributed by atoms with Crippen molar-refractivity contribution in [2.24, 2.45) is 0 Å². The fourth-order valence-electron chi connectivity index (χ4n) is 2.88. The molecule has 0 spiro atoms. The first kappa shape index (κ1) is 19.5. The molecule has 0 aliphatic carbocycles. The van der Waals surface area contributed by atoms with Gasteiger partial charge in [0.2, 0.25) is 5.91 Å². The van der Waals surface area contributed by atoms with E-state index in [9.17, 15) is 9.59 Å². The van der Waals surface area contributed by atoms with E-state index in [0.717, 1.165) is 10.5 Å². The highest BCUT2D eigenvalue weighted by Crippen LogP contribution is 2.31. The highest BCUT2D eigenvalue weighted by Gasteiger charge is 2.39. The maximum atomic E-state index is 12.8.